The Morgan fingerprint density at radius 1 is 1.31 bits per heavy atom. The first-order valence-corrected chi connectivity index (χ1v) is 12.5. The number of likely N-dealkylation sites (tertiary alicyclic amines) is 1. The summed E-state index contributed by atoms with van der Waals surface area (Å²) in [5.41, 5.74) is 12.8. The summed E-state index contributed by atoms with van der Waals surface area (Å²) in [5.74, 6) is 3.28. The fourth-order valence-corrected chi connectivity index (χ4v) is 5.81. The number of nitrogen functional groups attached to an aromatic ring is 1. The minimum absolute atomic E-state index is 0.0171. The van der Waals surface area contributed by atoms with E-state index in [1.54, 1.807) is 7.11 Å². The number of fused-ring (bicyclic) bond motifs is 1. The zero-order valence-electron chi connectivity index (χ0n) is 21.1. The highest BCUT2D eigenvalue weighted by Crippen LogP contribution is 2.43. The van der Waals surface area contributed by atoms with Crippen LogP contribution in [-0.4, -0.2) is 56.6 Å². The number of terminal acetylenes is 1. The van der Waals surface area contributed by atoms with Crippen LogP contribution in [0.15, 0.2) is 24.5 Å². The molecule has 8 heteroatoms. The van der Waals surface area contributed by atoms with Crippen LogP contribution < -0.4 is 5.73 Å². The van der Waals surface area contributed by atoms with E-state index < -0.39 is 0 Å². The summed E-state index contributed by atoms with van der Waals surface area (Å²) in [6.07, 6.45) is 13.6. The molecule has 2 aliphatic rings. The van der Waals surface area contributed by atoms with Crippen LogP contribution in [-0.2, 0) is 16.6 Å². The number of methoxy groups -OCH3 is 1. The van der Waals surface area contributed by atoms with Crippen LogP contribution in [0.3, 0.4) is 0 Å². The fraction of sp³-hybridized carbons (Fsp3) is 0.429. The molecule has 0 saturated carbocycles. The maximum atomic E-state index is 13.4. The number of ether oxygens (including phenoxy) is 1. The third-order valence-electron chi connectivity index (χ3n) is 7.59. The molecule has 0 aromatic carbocycles. The molecule has 2 N–H and O–H groups in total. The SMILES string of the molecule is C#Cc1ccc(-c2c(C3=CC[C@H](C(=O)N4CCC[C@H]4COC)CC3)c3c(N)ncnc3n2C)c(C)n1. The van der Waals surface area contributed by atoms with Gasteiger partial charge in [-0.15, -0.1) is 6.42 Å². The minimum Gasteiger partial charge on any atom is -0.383 e. The van der Waals surface area contributed by atoms with E-state index in [0.29, 0.717) is 24.5 Å². The lowest BCUT2D eigenvalue weighted by atomic mass is 9.84. The summed E-state index contributed by atoms with van der Waals surface area (Å²) >= 11 is 0. The smallest absolute Gasteiger partial charge is 0.226 e. The van der Waals surface area contributed by atoms with Crippen molar-refractivity contribution in [3.05, 3.63) is 41.5 Å². The van der Waals surface area contributed by atoms with Crippen molar-refractivity contribution < 1.29 is 9.53 Å². The second-order valence-corrected chi connectivity index (χ2v) is 9.70. The highest BCUT2D eigenvalue weighted by atomic mass is 16.5. The molecular weight excluding hydrogens is 452 g/mol. The zero-order valence-corrected chi connectivity index (χ0v) is 21.1. The van der Waals surface area contributed by atoms with Gasteiger partial charge in [-0.3, -0.25) is 4.79 Å². The summed E-state index contributed by atoms with van der Waals surface area (Å²) < 4.78 is 7.41. The van der Waals surface area contributed by atoms with E-state index in [1.807, 2.05) is 31.0 Å². The van der Waals surface area contributed by atoms with E-state index in [1.165, 1.54) is 6.33 Å². The van der Waals surface area contributed by atoms with Gasteiger partial charge < -0.3 is 19.9 Å². The number of aryl methyl sites for hydroxylation is 2. The van der Waals surface area contributed by atoms with Crippen molar-refractivity contribution in [2.45, 2.75) is 45.1 Å². The summed E-state index contributed by atoms with van der Waals surface area (Å²) in [5, 5.41) is 0.839. The first kappa shape index (κ1) is 24.0. The van der Waals surface area contributed by atoms with Crippen LogP contribution >= 0.6 is 0 Å². The molecule has 1 aliphatic carbocycles. The van der Waals surface area contributed by atoms with Crippen LogP contribution in [0.5, 0.6) is 0 Å². The van der Waals surface area contributed by atoms with Gasteiger partial charge in [0.2, 0.25) is 5.91 Å². The summed E-state index contributed by atoms with van der Waals surface area (Å²) in [7, 11) is 3.69. The van der Waals surface area contributed by atoms with Gasteiger partial charge in [-0.1, -0.05) is 12.0 Å². The van der Waals surface area contributed by atoms with Crippen molar-refractivity contribution in [2.24, 2.45) is 13.0 Å². The van der Waals surface area contributed by atoms with E-state index in [-0.39, 0.29) is 17.9 Å². The van der Waals surface area contributed by atoms with Crippen molar-refractivity contribution in [3.63, 3.8) is 0 Å². The van der Waals surface area contributed by atoms with Crippen LogP contribution in [0.2, 0.25) is 0 Å². The molecule has 0 unspecified atom stereocenters. The number of allylic oxidation sites excluding steroid dienone is 2. The van der Waals surface area contributed by atoms with Crippen LogP contribution in [0.1, 0.15) is 49.1 Å². The lowest BCUT2D eigenvalue weighted by molar-refractivity contribution is -0.137. The second-order valence-electron chi connectivity index (χ2n) is 9.70. The molecule has 0 bridgehead atoms. The third kappa shape index (κ3) is 4.03. The van der Waals surface area contributed by atoms with Crippen molar-refractivity contribution in [2.75, 3.05) is 26.0 Å². The second kappa shape index (κ2) is 9.75. The molecular formula is C28H32N6O2. The van der Waals surface area contributed by atoms with Crippen LogP contribution in [0, 0.1) is 25.2 Å². The van der Waals surface area contributed by atoms with Gasteiger partial charge in [-0.2, -0.15) is 0 Å². The number of hydrogen-bond donors (Lipinski definition) is 1. The van der Waals surface area contributed by atoms with Gasteiger partial charge in [0, 0.05) is 43.4 Å². The number of carbonyl (C=O) groups excluding carboxylic acids is 1. The van der Waals surface area contributed by atoms with E-state index in [4.69, 9.17) is 16.9 Å². The highest BCUT2D eigenvalue weighted by molar-refractivity contribution is 6.04. The van der Waals surface area contributed by atoms with Gasteiger partial charge in [0.15, 0.2) is 0 Å². The number of hydrogen-bond acceptors (Lipinski definition) is 6. The van der Waals surface area contributed by atoms with Gasteiger partial charge >= 0.3 is 0 Å². The first-order chi connectivity index (χ1) is 17.4. The largest absolute Gasteiger partial charge is 0.383 e. The molecule has 36 heavy (non-hydrogen) atoms. The average molecular weight is 485 g/mol. The molecule has 3 aromatic heterocycles. The topological polar surface area (TPSA) is 99.2 Å². The molecule has 4 heterocycles. The molecule has 1 amide bonds. The Kier molecular flexibility index (Phi) is 6.50. The number of anilines is 1. The average Bonchev–Trinajstić information content (AvgIpc) is 3.47. The Hall–Kier alpha value is -3.70. The van der Waals surface area contributed by atoms with Crippen molar-refractivity contribution >= 4 is 28.3 Å². The van der Waals surface area contributed by atoms with Gasteiger partial charge in [0.25, 0.3) is 0 Å². The van der Waals surface area contributed by atoms with E-state index in [0.717, 1.165) is 71.3 Å². The molecule has 2 atom stereocenters. The van der Waals surface area contributed by atoms with Gasteiger partial charge in [-0.25, -0.2) is 15.0 Å². The molecule has 8 nitrogen and oxygen atoms in total. The Labute approximate surface area is 211 Å². The molecule has 3 aromatic rings. The Morgan fingerprint density at radius 3 is 2.83 bits per heavy atom. The van der Waals surface area contributed by atoms with Gasteiger partial charge in [-0.05, 0) is 56.7 Å². The number of aromatic nitrogens is 4. The van der Waals surface area contributed by atoms with Gasteiger partial charge in [0.05, 0.1) is 23.7 Å². The normalized spacial score (nSPS) is 19.9. The maximum absolute atomic E-state index is 13.4. The number of nitrogens with zero attached hydrogens (tertiary/aromatic N) is 5. The molecule has 1 fully saturated rings. The third-order valence-corrected chi connectivity index (χ3v) is 7.59. The Bertz CT molecular complexity index is 1400. The van der Waals surface area contributed by atoms with Crippen LogP contribution in [0.25, 0.3) is 27.9 Å². The molecule has 1 saturated heterocycles. The molecule has 0 spiro atoms. The molecule has 5 rings (SSSR count). The summed E-state index contributed by atoms with van der Waals surface area (Å²) in [4.78, 5) is 28.8. The Morgan fingerprint density at radius 2 is 2.14 bits per heavy atom. The van der Waals surface area contributed by atoms with Crippen molar-refractivity contribution in [1.82, 2.24) is 24.4 Å². The number of carbonyl (C=O) groups is 1. The summed E-state index contributed by atoms with van der Waals surface area (Å²) in [6, 6.07) is 4.06. The predicted molar refractivity (Wildman–Crippen MR) is 141 cm³/mol. The van der Waals surface area contributed by atoms with Gasteiger partial charge in [0.1, 0.15) is 23.5 Å². The number of nitrogens with two attached hydrogens (primary N) is 1. The minimum atomic E-state index is -0.0171. The maximum Gasteiger partial charge on any atom is 0.226 e. The zero-order chi connectivity index (χ0) is 25.4. The van der Waals surface area contributed by atoms with Crippen LogP contribution in [0.4, 0.5) is 5.82 Å². The quantitative estimate of drug-likeness (QED) is 0.554. The van der Waals surface area contributed by atoms with E-state index in [2.05, 4.69) is 31.5 Å². The summed E-state index contributed by atoms with van der Waals surface area (Å²) in [6.45, 7) is 3.38. The lowest BCUT2D eigenvalue weighted by Crippen LogP contribution is -2.42. The highest BCUT2D eigenvalue weighted by Gasteiger charge is 2.34. The van der Waals surface area contributed by atoms with E-state index >= 15 is 0 Å². The van der Waals surface area contributed by atoms with Crippen molar-refractivity contribution in [3.8, 4) is 23.6 Å². The molecule has 186 valence electrons. The Balaban J connectivity index is 1.55. The number of pyridine rings is 1. The fourth-order valence-electron chi connectivity index (χ4n) is 5.81. The lowest BCUT2D eigenvalue weighted by Gasteiger charge is -2.30. The van der Waals surface area contributed by atoms with Crippen molar-refractivity contribution in [1.29, 1.82) is 0 Å². The molecule has 0 radical (unpaired) electrons. The first-order valence-electron chi connectivity index (χ1n) is 12.5. The monoisotopic (exact) mass is 484 g/mol. The number of amides is 1. The predicted octanol–water partition coefficient (Wildman–Crippen LogP) is 3.72. The number of rotatable bonds is 5. The molecule has 1 aliphatic heterocycles. The van der Waals surface area contributed by atoms with E-state index in [9.17, 15) is 4.79 Å². The standard InChI is InChI=1S/C28H32N6O2/c1-5-20-12-13-22(17(2)32-20)25-23(24-26(29)30-16-31-27(24)33(25)3)18-8-10-19(11-9-18)28(35)34-14-6-7-21(34)15-36-4/h1,8,12-13,16,19,21H,6-7,9-11,14-15H2,2-4H3,(H2,29,30,31)/t19-,21-/m0/s1.